The van der Waals surface area contributed by atoms with Gasteiger partial charge >= 0.3 is 0 Å². The van der Waals surface area contributed by atoms with Crippen molar-refractivity contribution >= 4 is 0 Å². The normalized spacial score (nSPS) is 19.6. The highest BCUT2D eigenvalue weighted by atomic mass is 15.3. The second-order valence-corrected chi connectivity index (χ2v) is 6.79. The second kappa shape index (κ2) is 3.35. The summed E-state index contributed by atoms with van der Waals surface area (Å²) in [5, 5.41) is 4.79. The lowest BCUT2D eigenvalue weighted by Crippen LogP contribution is -2.25. The van der Waals surface area contributed by atoms with E-state index in [1.165, 1.54) is 36.2 Å². The van der Waals surface area contributed by atoms with Gasteiger partial charge in [0, 0.05) is 23.6 Å². The van der Waals surface area contributed by atoms with Crippen LogP contribution >= 0.6 is 0 Å². The summed E-state index contributed by atoms with van der Waals surface area (Å²) in [5.41, 5.74) is 4.74. The number of nitrogens with zero attached hydrogens (tertiary/aromatic N) is 2. The highest BCUT2D eigenvalue weighted by Gasteiger charge is 2.35. The molecule has 0 fully saturated rings. The van der Waals surface area contributed by atoms with E-state index >= 15 is 0 Å². The van der Waals surface area contributed by atoms with Crippen molar-refractivity contribution in [3.8, 4) is 0 Å². The number of fused-ring (bicyclic) bond motifs is 1. The zero-order valence-corrected chi connectivity index (χ0v) is 11.5. The van der Waals surface area contributed by atoms with Crippen molar-refractivity contribution in [1.82, 2.24) is 9.78 Å². The maximum absolute atomic E-state index is 4.79. The van der Waals surface area contributed by atoms with E-state index in [1.807, 2.05) is 0 Å². The molecule has 0 spiro atoms. The third-order valence-electron chi connectivity index (χ3n) is 3.73. The quantitative estimate of drug-likeness (QED) is 0.655. The molecule has 0 unspecified atom stereocenters. The number of hydrogen-bond donors (Lipinski definition) is 0. The molecule has 0 saturated heterocycles. The zero-order chi connectivity index (χ0) is 12.1. The van der Waals surface area contributed by atoms with Crippen LogP contribution in [0.1, 0.15) is 64.4 Å². The fraction of sp³-hybridized carbons (Fsp3) is 0.786. The molecule has 0 radical (unpaired) electrons. The standard InChI is InChI=1S/C14H24N2/c1-13(2,3)12-10-8-7-9-14(4,5)11(10)15-16(12)6/h7-9H2,1-6H3. The van der Waals surface area contributed by atoms with Gasteiger partial charge in [0.25, 0.3) is 0 Å². The predicted octanol–water partition coefficient (Wildman–Crippen LogP) is 3.33. The average molecular weight is 220 g/mol. The molecule has 2 nitrogen and oxygen atoms in total. The Bertz CT molecular complexity index is 405. The first-order chi connectivity index (χ1) is 7.23. The molecule has 0 N–H and O–H groups in total. The molecule has 1 aliphatic rings. The number of hydrogen-bond acceptors (Lipinski definition) is 1. The van der Waals surface area contributed by atoms with E-state index < -0.39 is 0 Å². The summed E-state index contributed by atoms with van der Waals surface area (Å²) in [6.07, 6.45) is 3.77. The zero-order valence-electron chi connectivity index (χ0n) is 11.5. The molecule has 2 heteroatoms. The van der Waals surface area contributed by atoms with Crippen molar-refractivity contribution in [3.05, 3.63) is 17.0 Å². The van der Waals surface area contributed by atoms with Crippen molar-refractivity contribution in [2.45, 2.75) is 64.7 Å². The van der Waals surface area contributed by atoms with E-state index in [4.69, 9.17) is 5.10 Å². The van der Waals surface area contributed by atoms with Crippen molar-refractivity contribution in [1.29, 1.82) is 0 Å². The lowest BCUT2D eigenvalue weighted by Gasteiger charge is -2.30. The molecule has 1 aliphatic carbocycles. The molecule has 1 aromatic rings. The molecule has 16 heavy (non-hydrogen) atoms. The highest BCUT2D eigenvalue weighted by Crippen LogP contribution is 2.40. The highest BCUT2D eigenvalue weighted by molar-refractivity contribution is 5.37. The van der Waals surface area contributed by atoms with Crippen LogP contribution in [-0.4, -0.2) is 9.78 Å². The molecular weight excluding hydrogens is 196 g/mol. The van der Waals surface area contributed by atoms with Crippen LogP contribution in [0.2, 0.25) is 0 Å². The summed E-state index contributed by atoms with van der Waals surface area (Å²) in [6.45, 7) is 11.5. The Morgan fingerprint density at radius 2 is 1.88 bits per heavy atom. The van der Waals surface area contributed by atoms with Crippen molar-refractivity contribution in [3.63, 3.8) is 0 Å². The molecule has 0 atom stereocenters. The van der Waals surface area contributed by atoms with E-state index in [2.05, 4.69) is 46.3 Å². The number of aryl methyl sites for hydroxylation is 1. The first-order valence-corrected chi connectivity index (χ1v) is 6.30. The van der Waals surface area contributed by atoms with Gasteiger partial charge < -0.3 is 0 Å². The van der Waals surface area contributed by atoms with Crippen LogP contribution in [0.5, 0.6) is 0 Å². The van der Waals surface area contributed by atoms with Gasteiger partial charge in [0.15, 0.2) is 0 Å². The fourth-order valence-corrected chi connectivity index (χ4v) is 3.11. The Labute approximate surface area is 99.0 Å². The van der Waals surface area contributed by atoms with Gasteiger partial charge in [-0.15, -0.1) is 0 Å². The maximum Gasteiger partial charge on any atom is 0.0715 e. The summed E-state index contributed by atoms with van der Waals surface area (Å²) in [6, 6.07) is 0. The molecule has 1 aromatic heterocycles. The van der Waals surface area contributed by atoms with Gasteiger partial charge in [-0.3, -0.25) is 4.68 Å². The maximum atomic E-state index is 4.79. The molecule has 0 aromatic carbocycles. The van der Waals surface area contributed by atoms with E-state index in [1.54, 1.807) is 0 Å². The minimum atomic E-state index is 0.197. The van der Waals surface area contributed by atoms with Crippen LogP contribution in [0.15, 0.2) is 0 Å². The van der Waals surface area contributed by atoms with Crippen LogP contribution in [0.4, 0.5) is 0 Å². The van der Waals surface area contributed by atoms with Crippen molar-refractivity contribution < 1.29 is 0 Å². The Hall–Kier alpha value is -0.790. The van der Waals surface area contributed by atoms with E-state index in [0.717, 1.165) is 0 Å². The van der Waals surface area contributed by atoms with Crippen molar-refractivity contribution in [2.24, 2.45) is 7.05 Å². The van der Waals surface area contributed by atoms with Gasteiger partial charge in [0.2, 0.25) is 0 Å². The molecule has 0 aliphatic heterocycles. The topological polar surface area (TPSA) is 17.8 Å². The number of aromatic nitrogens is 2. The lowest BCUT2D eigenvalue weighted by molar-refractivity contribution is 0.417. The Kier molecular flexibility index (Phi) is 2.45. The van der Waals surface area contributed by atoms with Gasteiger partial charge in [0.05, 0.1) is 5.69 Å². The molecule has 0 bridgehead atoms. The third-order valence-corrected chi connectivity index (χ3v) is 3.73. The van der Waals surface area contributed by atoms with Gasteiger partial charge in [-0.25, -0.2) is 0 Å². The minimum Gasteiger partial charge on any atom is -0.272 e. The number of rotatable bonds is 0. The minimum absolute atomic E-state index is 0.197. The largest absolute Gasteiger partial charge is 0.272 e. The molecule has 2 rings (SSSR count). The van der Waals surface area contributed by atoms with Gasteiger partial charge in [0.1, 0.15) is 0 Å². The smallest absolute Gasteiger partial charge is 0.0715 e. The van der Waals surface area contributed by atoms with Gasteiger partial charge in [-0.1, -0.05) is 34.6 Å². The first-order valence-electron chi connectivity index (χ1n) is 6.30. The predicted molar refractivity (Wildman–Crippen MR) is 67.9 cm³/mol. The van der Waals surface area contributed by atoms with Gasteiger partial charge in [-0.05, 0) is 24.8 Å². The van der Waals surface area contributed by atoms with Gasteiger partial charge in [-0.2, -0.15) is 5.10 Å². The first kappa shape index (κ1) is 11.7. The summed E-state index contributed by atoms with van der Waals surface area (Å²) in [5.74, 6) is 0. The third kappa shape index (κ3) is 1.68. The van der Waals surface area contributed by atoms with Crippen LogP contribution in [0, 0.1) is 0 Å². The monoisotopic (exact) mass is 220 g/mol. The van der Waals surface area contributed by atoms with Crippen LogP contribution in [-0.2, 0) is 24.3 Å². The molecule has 90 valence electrons. The Balaban J connectivity index is 2.63. The summed E-state index contributed by atoms with van der Waals surface area (Å²) >= 11 is 0. The van der Waals surface area contributed by atoms with Crippen LogP contribution < -0.4 is 0 Å². The van der Waals surface area contributed by atoms with Crippen LogP contribution in [0.25, 0.3) is 0 Å². The summed E-state index contributed by atoms with van der Waals surface area (Å²) in [7, 11) is 2.09. The van der Waals surface area contributed by atoms with E-state index in [9.17, 15) is 0 Å². The fourth-order valence-electron chi connectivity index (χ4n) is 3.11. The molecular formula is C14H24N2. The van der Waals surface area contributed by atoms with Crippen molar-refractivity contribution in [2.75, 3.05) is 0 Å². The average Bonchev–Trinajstić information content (AvgIpc) is 2.41. The van der Waals surface area contributed by atoms with E-state index in [0.29, 0.717) is 0 Å². The molecule has 0 saturated carbocycles. The summed E-state index contributed by atoms with van der Waals surface area (Å²) in [4.78, 5) is 0. The second-order valence-electron chi connectivity index (χ2n) is 6.79. The summed E-state index contributed by atoms with van der Waals surface area (Å²) < 4.78 is 2.11. The van der Waals surface area contributed by atoms with E-state index in [-0.39, 0.29) is 10.8 Å². The van der Waals surface area contributed by atoms with Crippen LogP contribution in [0.3, 0.4) is 0 Å². The Morgan fingerprint density at radius 3 is 2.44 bits per heavy atom. The lowest BCUT2D eigenvalue weighted by atomic mass is 9.74. The Morgan fingerprint density at radius 1 is 1.25 bits per heavy atom. The molecule has 1 heterocycles. The SMILES string of the molecule is Cn1nc2c(c1C(C)(C)C)CCCC2(C)C. The molecule has 0 amide bonds.